The lowest BCUT2D eigenvalue weighted by molar-refractivity contribution is 0.414. The Morgan fingerprint density at radius 1 is 1.00 bits per heavy atom. The molecule has 0 unspecified atom stereocenters. The van der Waals surface area contributed by atoms with Crippen molar-refractivity contribution in [1.29, 1.82) is 0 Å². The standard InChI is InChI=1S/C21H25N3OS/c1-13(2)18-12-19(15(4)11-14(18)3)20-22-23-21(26-6)24(20)16-7-9-17(25-5)10-8-16/h7-13H,1-6H3. The van der Waals surface area contributed by atoms with E-state index in [0.29, 0.717) is 5.92 Å². The van der Waals surface area contributed by atoms with Gasteiger partial charge in [0.05, 0.1) is 7.11 Å². The van der Waals surface area contributed by atoms with Crippen molar-refractivity contribution in [3.8, 4) is 22.8 Å². The maximum atomic E-state index is 5.29. The van der Waals surface area contributed by atoms with Crippen LogP contribution in [0.2, 0.25) is 0 Å². The fourth-order valence-electron chi connectivity index (χ4n) is 3.27. The van der Waals surface area contributed by atoms with Gasteiger partial charge in [-0.15, -0.1) is 10.2 Å². The number of nitrogens with zero attached hydrogens (tertiary/aromatic N) is 3. The van der Waals surface area contributed by atoms with Gasteiger partial charge >= 0.3 is 0 Å². The van der Waals surface area contributed by atoms with Crippen LogP contribution in [0.15, 0.2) is 41.6 Å². The van der Waals surface area contributed by atoms with Crippen molar-refractivity contribution in [3.05, 3.63) is 53.1 Å². The number of hydrogen-bond donors (Lipinski definition) is 0. The molecule has 0 spiro atoms. The van der Waals surface area contributed by atoms with E-state index in [-0.39, 0.29) is 0 Å². The van der Waals surface area contributed by atoms with Crippen LogP contribution in [-0.2, 0) is 0 Å². The van der Waals surface area contributed by atoms with Crippen molar-refractivity contribution in [3.63, 3.8) is 0 Å². The molecule has 0 atom stereocenters. The molecule has 1 heterocycles. The van der Waals surface area contributed by atoms with E-state index in [4.69, 9.17) is 4.74 Å². The molecular formula is C21H25N3OS. The number of thioether (sulfide) groups is 1. The molecule has 0 N–H and O–H groups in total. The molecule has 0 fully saturated rings. The third-order valence-corrected chi connectivity index (χ3v) is 5.25. The van der Waals surface area contributed by atoms with Crippen LogP contribution in [0.3, 0.4) is 0 Å². The van der Waals surface area contributed by atoms with Crippen LogP contribution in [0.1, 0.15) is 36.5 Å². The molecule has 3 rings (SSSR count). The Labute approximate surface area is 159 Å². The smallest absolute Gasteiger partial charge is 0.195 e. The van der Waals surface area contributed by atoms with Gasteiger partial charge in [0.15, 0.2) is 11.0 Å². The molecule has 0 radical (unpaired) electrons. The van der Waals surface area contributed by atoms with Gasteiger partial charge in [-0.2, -0.15) is 0 Å². The summed E-state index contributed by atoms with van der Waals surface area (Å²) in [5.74, 6) is 2.17. The van der Waals surface area contributed by atoms with Crippen molar-refractivity contribution in [2.24, 2.45) is 0 Å². The second-order valence-corrected chi connectivity index (χ2v) is 7.50. The molecule has 0 amide bonds. The van der Waals surface area contributed by atoms with E-state index in [1.807, 2.05) is 30.5 Å². The molecular weight excluding hydrogens is 342 g/mol. The Kier molecular flexibility index (Phi) is 5.37. The lowest BCUT2D eigenvalue weighted by Gasteiger charge is -2.16. The Bertz CT molecular complexity index is 914. The van der Waals surface area contributed by atoms with E-state index in [1.165, 1.54) is 16.7 Å². The van der Waals surface area contributed by atoms with E-state index < -0.39 is 0 Å². The van der Waals surface area contributed by atoms with Crippen LogP contribution in [0.25, 0.3) is 17.1 Å². The molecule has 0 aliphatic heterocycles. The molecule has 5 heteroatoms. The van der Waals surface area contributed by atoms with Gasteiger partial charge in [-0.25, -0.2) is 0 Å². The fraction of sp³-hybridized carbons (Fsp3) is 0.333. The Morgan fingerprint density at radius 2 is 1.69 bits per heavy atom. The molecule has 26 heavy (non-hydrogen) atoms. The topological polar surface area (TPSA) is 39.9 Å². The van der Waals surface area contributed by atoms with Gasteiger partial charge < -0.3 is 4.74 Å². The second kappa shape index (κ2) is 7.54. The number of methoxy groups -OCH3 is 1. The van der Waals surface area contributed by atoms with Crippen LogP contribution in [-0.4, -0.2) is 28.1 Å². The third-order valence-electron chi connectivity index (χ3n) is 4.62. The normalized spacial score (nSPS) is 11.2. The average molecular weight is 368 g/mol. The maximum absolute atomic E-state index is 5.29. The number of aryl methyl sites for hydroxylation is 2. The monoisotopic (exact) mass is 367 g/mol. The molecule has 0 saturated carbocycles. The highest BCUT2D eigenvalue weighted by Gasteiger charge is 2.18. The summed E-state index contributed by atoms with van der Waals surface area (Å²) in [6.45, 7) is 8.76. The van der Waals surface area contributed by atoms with Crippen LogP contribution in [0, 0.1) is 13.8 Å². The third kappa shape index (κ3) is 3.36. The second-order valence-electron chi connectivity index (χ2n) is 6.72. The first-order chi connectivity index (χ1) is 12.5. The van der Waals surface area contributed by atoms with Crippen molar-refractivity contribution < 1.29 is 4.74 Å². The van der Waals surface area contributed by atoms with Gasteiger partial charge in [-0.3, -0.25) is 4.57 Å². The molecule has 1 aromatic heterocycles. The summed E-state index contributed by atoms with van der Waals surface area (Å²) in [6.07, 6.45) is 2.02. The van der Waals surface area contributed by atoms with E-state index >= 15 is 0 Å². The van der Waals surface area contributed by atoms with Crippen LogP contribution >= 0.6 is 11.8 Å². The van der Waals surface area contributed by atoms with Crippen LogP contribution in [0.4, 0.5) is 0 Å². The number of ether oxygens (including phenoxy) is 1. The molecule has 136 valence electrons. The fourth-order valence-corrected chi connectivity index (χ4v) is 3.77. The summed E-state index contributed by atoms with van der Waals surface area (Å²) in [6, 6.07) is 12.5. The zero-order valence-corrected chi connectivity index (χ0v) is 17.0. The van der Waals surface area contributed by atoms with Crippen LogP contribution < -0.4 is 4.74 Å². The van der Waals surface area contributed by atoms with E-state index in [9.17, 15) is 0 Å². The highest BCUT2D eigenvalue weighted by molar-refractivity contribution is 7.98. The van der Waals surface area contributed by atoms with Gasteiger partial charge in [0.1, 0.15) is 5.75 Å². The van der Waals surface area contributed by atoms with Crippen molar-refractivity contribution >= 4 is 11.8 Å². The summed E-state index contributed by atoms with van der Waals surface area (Å²) >= 11 is 1.59. The maximum Gasteiger partial charge on any atom is 0.195 e. The Hall–Kier alpha value is -2.27. The zero-order valence-electron chi connectivity index (χ0n) is 16.2. The predicted molar refractivity (Wildman–Crippen MR) is 109 cm³/mol. The molecule has 4 nitrogen and oxygen atoms in total. The lowest BCUT2D eigenvalue weighted by Crippen LogP contribution is -2.02. The zero-order chi connectivity index (χ0) is 18.8. The van der Waals surface area contributed by atoms with Gasteiger partial charge in [-0.05, 0) is 73.0 Å². The molecule has 0 aliphatic carbocycles. The van der Waals surface area contributed by atoms with E-state index in [0.717, 1.165) is 28.0 Å². The number of benzene rings is 2. The first-order valence-electron chi connectivity index (χ1n) is 8.71. The molecule has 0 saturated heterocycles. The minimum atomic E-state index is 0.465. The lowest BCUT2D eigenvalue weighted by atomic mass is 9.93. The molecule has 0 aliphatic rings. The largest absolute Gasteiger partial charge is 0.497 e. The number of rotatable bonds is 5. The minimum Gasteiger partial charge on any atom is -0.497 e. The van der Waals surface area contributed by atoms with Crippen molar-refractivity contribution in [2.75, 3.05) is 13.4 Å². The van der Waals surface area contributed by atoms with Crippen LogP contribution in [0.5, 0.6) is 5.75 Å². The number of hydrogen-bond acceptors (Lipinski definition) is 4. The first kappa shape index (κ1) is 18.5. The highest BCUT2D eigenvalue weighted by atomic mass is 32.2. The van der Waals surface area contributed by atoms with Gasteiger partial charge in [0.2, 0.25) is 0 Å². The van der Waals surface area contributed by atoms with Crippen molar-refractivity contribution in [1.82, 2.24) is 14.8 Å². The summed E-state index contributed by atoms with van der Waals surface area (Å²) < 4.78 is 7.40. The summed E-state index contributed by atoms with van der Waals surface area (Å²) in [7, 11) is 1.68. The van der Waals surface area contributed by atoms with Crippen molar-refractivity contribution in [2.45, 2.75) is 38.8 Å². The van der Waals surface area contributed by atoms with Gasteiger partial charge in [0.25, 0.3) is 0 Å². The predicted octanol–water partition coefficient (Wildman–Crippen LogP) is 5.41. The van der Waals surface area contributed by atoms with Gasteiger partial charge in [0, 0.05) is 11.3 Å². The molecule has 3 aromatic rings. The highest BCUT2D eigenvalue weighted by Crippen LogP contribution is 2.33. The Morgan fingerprint density at radius 3 is 2.27 bits per heavy atom. The molecule has 0 bridgehead atoms. The molecule has 2 aromatic carbocycles. The first-order valence-corrected chi connectivity index (χ1v) is 9.94. The minimum absolute atomic E-state index is 0.465. The Balaban J connectivity index is 2.21. The average Bonchev–Trinajstić information content (AvgIpc) is 3.05. The SMILES string of the molecule is COc1ccc(-n2c(SC)nnc2-c2cc(C(C)C)c(C)cc2C)cc1. The summed E-state index contributed by atoms with van der Waals surface area (Å²) in [5.41, 5.74) is 6.04. The van der Waals surface area contributed by atoms with E-state index in [2.05, 4.69) is 54.6 Å². The summed E-state index contributed by atoms with van der Waals surface area (Å²) in [4.78, 5) is 0. The van der Waals surface area contributed by atoms with Gasteiger partial charge in [-0.1, -0.05) is 31.7 Å². The quantitative estimate of drug-likeness (QED) is 0.566. The summed E-state index contributed by atoms with van der Waals surface area (Å²) in [5, 5.41) is 9.81. The number of aromatic nitrogens is 3. The van der Waals surface area contributed by atoms with E-state index in [1.54, 1.807) is 18.9 Å².